The summed E-state index contributed by atoms with van der Waals surface area (Å²) in [7, 11) is 0. The van der Waals surface area contributed by atoms with E-state index >= 15 is 0 Å². The Morgan fingerprint density at radius 1 is 0.886 bits per heavy atom. The lowest BCUT2D eigenvalue weighted by atomic mass is 10.0. The van der Waals surface area contributed by atoms with E-state index in [1.54, 1.807) is 32.2 Å². The first-order chi connectivity index (χ1) is 16.9. The Labute approximate surface area is 206 Å². The largest absolute Gasteiger partial charge is 0.493 e. The number of fused-ring (bicyclic) bond motifs is 1. The number of nitrogens with zero attached hydrogens (tertiary/aromatic N) is 2. The Bertz CT molecular complexity index is 1250. The standard InChI is InChI=1S/C29H32N2O4/c1-21-26(20-34-27-18-23(14-16-30-27)33-17-9-15-29(2,3)32)31-25-13-8-7-12-24(25)28(21)35-19-22-10-5-4-6-11-22/h4-8,10-14,16,18,32H,9,15,17,19-20H2,1-3H3. The van der Waals surface area contributed by atoms with Gasteiger partial charge >= 0.3 is 0 Å². The molecule has 182 valence electrons. The molecule has 2 aromatic heterocycles. The lowest BCUT2D eigenvalue weighted by Crippen LogP contribution is -2.19. The number of hydrogen-bond donors (Lipinski definition) is 1. The predicted molar refractivity (Wildman–Crippen MR) is 137 cm³/mol. The van der Waals surface area contributed by atoms with Crippen LogP contribution in [-0.4, -0.2) is 27.3 Å². The van der Waals surface area contributed by atoms with Crippen molar-refractivity contribution in [2.45, 2.75) is 52.4 Å². The highest BCUT2D eigenvalue weighted by Gasteiger charge is 2.15. The highest BCUT2D eigenvalue weighted by atomic mass is 16.5. The van der Waals surface area contributed by atoms with E-state index in [0.29, 0.717) is 31.3 Å². The zero-order chi connectivity index (χ0) is 24.7. The molecule has 35 heavy (non-hydrogen) atoms. The summed E-state index contributed by atoms with van der Waals surface area (Å²) < 4.78 is 18.1. The van der Waals surface area contributed by atoms with Crippen molar-refractivity contribution in [3.63, 3.8) is 0 Å². The first kappa shape index (κ1) is 24.5. The Morgan fingerprint density at radius 3 is 2.46 bits per heavy atom. The molecule has 0 radical (unpaired) electrons. The van der Waals surface area contributed by atoms with Crippen molar-refractivity contribution in [2.75, 3.05) is 6.61 Å². The third-order valence-corrected chi connectivity index (χ3v) is 5.67. The van der Waals surface area contributed by atoms with Gasteiger partial charge in [0.15, 0.2) is 0 Å². The summed E-state index contributed by atoms with van der Waals surface area (Å²) >= 11 is 0. The zero-order valence-electron chi connectivity index (χ0n) is 20.5. The molecule has 6 nitrogen and oxygen atoms in total. The van der Waals surface area contributed by atoms with Gasteiger partial charge in [0.2, 0.25) is 5.88 Å². The van der Waals surface area contributed by atoms with Gasteiger partial charge < -0.3 is 19.3 Å². The molecule has 2 heterocycles. The lowest BCUT2D eigenvalue weighted by molar-refractivity contribution is 0.0641. The first-order valence-corrected chi connectivity index (χ1v) is 11.9. The average molecular weight is 473 g/mol. The molecule has 6 heteroatoms. The second-order valence-corrected chi connectivity index (χ2v) is 9.19. The van der Waals surface area contributed by atoms with E-state index in [1.807, 2.05) is 61.5 Å². The fourth-order valence-electron chi connectivity index (χ4n) is 3.78. The van der Waals surface area contributed by atoms with Crippen LogP contribution >= 0.6 is 0 Å². The van der Waals surface area contributed by atoms with Gasteiger partial charge in [0.1, 0.15) is 24.7 Å². The summed E-state index contributed by atoms with van der Waals surface area (Å²) in [4.78, 5) is 9.13. The van der Waals surface area contributed by atoms with Crippen molar-refractivity contribution >= 4 is 10.9 Å². The topological polar surface area (TPSA) is 73.7 Å². The number of para-hydroxylation sites is 1. The average Bonchev–Trinajstić information content (AvgIpc) is 2.85. The van der Waals surface area contributed by atoms with Crippen LogP contribution in [0.4, 0.5) is 0 Å². The van der Waals surface area contributed by atoms with Crippen LogP contribution in [0.25, 0.3) is 10.9 Å². The van der Waals surface area contributed by atoms with Crippen LogP contribution in [0.5, 0.6) is 17.4 Å². The van der Waals surface area contributed by atoms with Crippen molar-refractivity contribution in [3.8, 4) is 17.4 Å². The van der Waals surface area contributed by atoms with E-state index in [4.69, 9.17) is 19.2 Å². The maximum atomic E-state index is 9.84. The molecule has 0 aliphatic heterocycles. The number of aromatic nitrogens is 2. The Balaban J connectivity index is 1.46. The summed E-state index contributed by atoms with van der Waals surface area (Å²) in [5.41, 5.74) is 3.01. The molecule has 0 amide bonds. The van der Waals surface area contributed by atoms with Crippen molar-refractivity contribution in [2.24, 2.45) is 0 Å². The van der Waals surface area contributed by atoms with Gasteiger partial charge in [0.05, 0.1) is 23.4 Å². The van der Waals surface area contributed by atoms with E-state index < -0.39 is 5.60 Å². The van der Waals surface area contributed by atoms with Gasteiger partial charge in [-0.1, -0.05) is 42.5 Å². The normalized spacial score (nSPS) is 11.4. The molecule has 0 aliphatic carbocycles. The van der Waals surface area contributed by atoms with Gasteiger partial charge in [-0.05, 0) is 57.4 Å². The molecule has 1 N–H and O–H groups in total. The van der Waals surface area contributed by atoms with Crippen LogP contribution in [0.15, 0.2) is 72.9 Å². The summed E-state index contributed by atoms with van der Waals surface area (Å²) in [6.07, 6.45) is 3.09. The molecule has 2 aromatic carbocycles. The molecule has 0 saturated heterocycles. The maximum Gasteiger partial charge on any atom is 0.217 e. The first-order valence-electron chi connectivity index (χ1n) is 11.9. The Hall–Kier alpha value is -3.64. The Kier molecular flexibility index (Phi) is 7.83. The number of aliphatic hydroxyl groups is 1. The molecule has 0 spiro atoms. The van der Waals surface area contributed by atoms with Crippen LogP contribution in [0.2, 0.25) is 0 Å². The summed E-state index contributed by atoms with van der Waals surface area (Å²) in [5, 5.41) is 10.8. The summed E-state index contributed by atoms with van der Waals surface area (Å²) in [5.74, 6) is 1.96. The fraction of sp³-hybridized carbons (Fsp3) is 0.310. The number of ether oxygens (including phenoxy) is 3. The number of rotatable bonds is 11. The van der Waals surface area contributed by atoms with E-state index in [2.05, 4.69) is 4.98 Å². The highest BCUT2D eigenvalue weighted by Crippen LogP contribution is 2.31. The zero-order valence-corrected chi connectivity index (χ0v) is 20.5. The predicted octanol–water partition coefficient (Wildman–Crippen LogP) is 6.03. The molecule has 0 atom stereocenters. The van der Waals surface area contributed by atoms with Crippen molar-refractivity contribution in [3.05, 3.63) is 89.7 Å². The van der Waals surface area contributed by atoms with Gasteiger partial charge in [-0.2, -0.15) is 0 Å². The lowest BCUT2D eigenvalue weighted by Gasteiger charge is -2.17. The Morgan fingerprint density at radius 2 is 1.66 bits per heavy atom. The molecular formula is C29H32N2O4. The molecule has 0 fully saturated rings. The van der Waals surface area contributed by atoms with Crippen LogP contribution in [0.1, 0.15) is 43.5 Å². The third kappa shape index (κ3) is 6.93. The van der Waals surface area contributed by atoms with Gasteiger partial charge in [-0.3, -0.25) is 0 Å². The van der Waals surface area contributed by atoms with Crippen molar-refractivity contribution < 1.29 is 19.3 Å². The molecular weight excluding hydrogens is 440 g/mol. The monoisotopic (exact) mass is 472 g/mol. The van der Waals surface area contributed by atoms with Crippen LogP contribution < -0.4 is 14.2 Å². The smallest absolute Gasteiger partial charge is 0.217 e. The summed E-state index contributed by atoms with van der Waals surface area (Å²) in [6.45, 7) is 6.85. The van der Waals surface area contributed by atoms with E-state index in [-0.39, 0.29) is 6.61 Å². The number of benzene rings is 2. The minimum Gasteiger partial charge on any atom is -0.493 e. The highest BCUT2D eigenvalue weighted by molar-refractivity contribution is 5.86. The van der Waals surface area contributed by atoms with Crippen molar-refractivity contribution in [1.29, 1.82) is 0 Å². The molecule has 0 saturated carbocycles. The van der Waals surface area contributed by atoms with Crippen LogP contribution in [0, 0.1) is 6.92 Å². The van der Waals surface area contributed by atoms with Crippen LogP contribution in [0.3, 0.4) is 0 Å². The van der Waals surface area contributed by atoms with E-state index in [1.165, 1.54) is 0 Å². The number of pyridine rings is 2. The second-order valence-electron chi connectivity index (χ2n) is 9.19. The SMILES string of the molecule is Cc1c(COc2cc(OCCCC(C)(C)O)ccn2)nc2ccccc2c1OCc1ccccc1. The van der Waals surface area contributed by atoms with Gasteiger partial charge in [0.25, 0.3) is 0 Å². The molecule has 0 unspecified atom stereocenters. The van der Waals surface area contributed by atoms with E-state index in [0.717, 1.165) is 39.9 Å². The quantitative estimate of drug-likeness (QED) is 0.269. The molecule has 4 aromatic rings. The minimum absolute atomic E-state index is 0.257. The molecule has 0 bridgehead atoms. The maximum absolute atomic E-state index is 9.84. The van der Waals surface area contributed by atoms with Gasteiger partial charge in [-0.25, -0.2) is 9.97 Å². The minimum atomic E-state index is -0.690. The second kappa shape index (κ2) is 11.2. The van der Waals surface area contributed by atoms with Gasteiger partial charge in [0, 0.05) is 23.2 Å². The molecule has 4 rings (SSSR count). The van der Waals surface area contributed by atoms with Gasteiger partial charge in [-0.15, -0.1) is 0 Å². The third-order valence-electron chi connectivity index (χ3n) is 5.67. The van der Waals surface area contributed by atoms with Crippen molar-refractivity contribution in [1.82, 2.24) is 9.97 Å². The number of hydrogen-bond acceptors (Lipinski definition) is 6. The van der Waals surface area contributed by atoms with Crippen LogP contribution in [-0.2, 0) is 13.2 Å². The fourth-order valence-corrected chi connectivity index (χ4v) is 3.78. The summed E-state index contributed by atoms with van der Waals surface area (Å²) in [6, 6.07) is 21.6. The van der Waals surface area contributed by atoms with E-state index in [9.17, 15) is 5.11 Å². The molecule has 0 aliphatic rings.